The molecular formula is C17H16N10O3S. The van der Waals surface area contributed by atoms with Crippen LogP contribution in [0.4, 0.5) is 5.95 Å². The van der Waals surface area contributed by atoms with E-state index in [-0.39, 0.29) is 32.0 Å². The molecule has 0 bridgehead atoms. The lowest BCUT2D eigenvalue weighted by molar-refractivity contribution is -0.115. The normalized spacial score (nSPS) is 15.7. The fourth-order valence-electron chi connectivity index (χ4n) is 3.31. The molecule has 1 saturated heterocycles. The van der Waals surface area contributed by atoms with E-state index in [9.17, 15) is 13.2 Å². The van der Waals surface area contributed by atoms with E-state index >= 15 is 0 Å². The van der Waals surface area contributed by atoms with Gasteiger partial charge in [0.15, 0.2) is 17.0 Å². The zero-order valence-electron chi connectivity index (χ0n) is 16.3. The number of hydrogen-bond donors (Lipinski definition) is 1. The van der Waals surface area contributed by atoms with Crippen LogP contribution in [0.15, 0.2) is 24.7 Å². The van der Waals surface area contributed by atoms with E-state index < -0.39 is 21.5 Å². The minimum absolute atomic E-state index is 0.0363. The van der Waals surface area contributed by atoms with Crippen molar-refractivity contribution < 1.29 is 13.2 Å². The third kappa shape index (κ3) is 3.70. The highest BCUT2D eigenvalue weighted by Crippen LogP contribution is 2.32. The van der Waals surface area contributed by atoms with Crippen LogP contribution < -0.4 is 5.32 Å². The van der Waals surface area contributed by atoms with E-state index in [0.29, 0.717) is 17.0 Å². The Morgan fingerprint density at radius 1 is 1.45 bits per heavy atom. The molecule has 1 N–H and O–H groups in total. The highest BCUT2D eigenvalue weighted by molar-refractivity contribution is 7.88. The number of carbonyl (C=O) groups is 1. The molecule has 0 atom stereocenters. The summed E-state index contributed by atoms with van der Waals surface area (Å²) >= 11 is 0. The number of aromatic nitrogens is 6. The maximum Gasteiger partial charge on any atom is 0.249 e. The first-order valence-corrected chi connectivity index (χ1v) is 10.8. The second-order valence-corrected chi connectivity index (χ2v) is 9.08. The number of carbonyl (C=O) groups excluding carboxylic acids is 1. The molecular weight excluding hydrogens is 424 g/mol. The Morgan fingerprint density at radius 2 is 2.23 bits per heavy atom. The van der Waals surface area contributed by atoms with Gasteiger partial charge in [-0.15, -0.1) is 5.10 Å². The van der Waals surface area contributed by atoms with E-state index in [2.05, 4.69) is 30.3 Å². The van der Waals surface area contributed by atoms with Crippen LogP contribution in [0.1, 0.15) is 6.42 Å². The number of amides is 1. The number of fused-ring (bicyclic) bond motifs is 1. The SMILES string of the molecule is [C-]#[N+]CC1(n2cc(-c3nccc4nc(NC(=O)CC#N)nn34)cn2)CN(S(C)(=O)=O)C1. The molecule has 4 heterocycles. The Bertz CT molecular complexity index is 1350. The molecule has 4 rings (SSSR count). The average molecular weight is 440 g/mol. The van der Waals surface area contributed by atoms with Crippen LogP contribution in [-0.2, 0) is 20.4 Å². The molecule has 14 heteroatoms. The molecule has 1 fully saturated rings. The summed E-state index contributed by atoms with van der Waals surface area (Å²) in [6.45, 7) is 7.66. The summed E-state index contributed by atoms with van der Waals surface area (Å²) in [4.78, 5) is 23.6. The molecule has 13 nitrogen and oxygen atoms in total. The van der Waals surface area contributed by atoms with E-state index in [1.165, 1.54) is 15.0 Å². The quantitative estimate of drug-likeness (QED) is 0.514. The second kappa shape index (κ2) is 7.42. The third-order valence-electron chi connectivity index (χ3n) is 4.85. The molecule has 0 aromatic carbocycles. The van der Waals surface area contributed by atoms with Crippen LogP contribution in [0.2, 0.25) is 0 Å². The Kier molecular flexibility index (Phi) is 4.88. The highest BCUT2D eigenvalue weighted by atomic mass is 32.2. The van der Waals surface area contributed by atoms with E-state index in [0.717, 1.165) is 6.26 Å². The molecule has 0 saturated carbocycles. The standard InChI is InChI=1S/C17H16N10O3S/c1-19-9-17(10-25(11-17)31(2,29)30)26-8-12(7-21-26)15-20-6-4-13-22-16(24-27(13)15)23-14(28)3-5-18/h4,6-8H,3,9-11H2,2H3,(H,23,24,28). The first-order chi connectivity index (χ1) is 14.8. The monoisotopic (exact) mass is 440 g/mol. The summed E-state index contributed by atoms with van der Waals surface area (Å²) in [5, 5.41) is 19.6. The Balaban J connectivity index is 1.66. The van der Waals surface area contributed by atoms with E-state index in [1.54, 1.807) is 29.2 Å². The fourth-order valence-corrected chi connectivity index (χ4v) is 4.26. The number of hydrogen-bond acceptors (Lipinski definition) is 8. The maximum atomic E-state index is 11.8. The number of rotatable bonds is 6. The van der Waals surface area contributed by atoms with Crippen molar-refractivity contribution in [2.24, 2.45) is 0 Å². The lowest BCUT2D eigenvalue weighted by Gasteiger charge is -2.45. The number of sulfonamides is 1. The van der Waals surface area contributed by atoms with Gasteiger partial charge in [0.25, 0.3) is 0 Å². The van der Waals surface area contributed by atoms with Crippen molar-refractivity contribution in [3.05, 3.63) is 36.1 Å². The van der Waals surface area contributed by atoms with Gasteiger partial charge in [-0.25, -0.2) is 20.0 Å². The summed E-state index contributed by atoms with van der Waals surface area (Å²) in [5.74, 6) is -0.0920. The number of anilines is 1. The summed E-state index contributed by atoms with van der Waals surface area (Å²) in [5.41, 5.74) is 0.246. The largest absolute Gasteiger partial charge is 0.314 e. The van der Waals surface area contributed by atoms with Crippen molar-refractivity contribution in [2.45, 2.75) is 12.0 Å². The lowest BCUT2D eigenvalue weighted by atomic mass is 9.93. The van der Waals surface area contributed by atoms with E-state index in [1.807, 2.05) is 0 Å². The minimum Gasteiger partial charge on any atom is -0.314 e. The van der Waals surface area contributed by atoms with Gasteiger partial charge in [0.05, 0.1) is 24.1 Å². The van der Waals surface area contributed by atoms with Gasteiger partial charge in [0.1, 0.15) is 6.42 Å². The van der Waals surface area contributed by atoms with Crippen LogP contribution in [0.3, 0.4) is 0 Å². The van der Waals surface area contributed by atoms with Crippen molar-refractivity contribution in [2.75, 3.05) is 31.2 Å². The van der Waals surface area contributed by atoms with Crippen LogP contribution in [-0.4, -0.2) is 73.9 Å². The zero-order valence-corrected chi connectivity index (χ0v) is 17.1. The molecule has 3 aromatic heterocycles. The Hall–Kier alpha value is -3.88. The number of nitrogens with one attached hydrogen (secondary N) is 1. The Morgan fingerprint density at radius 3 is 2.90 bits per heavy atom. The van der Waals surface area contributed by atoms with Gasteiger partial charge >= 0.3 is 0 Å². The van der Waals surface area contributed by atoms with Crippen molar-refractivity contribution in [3.8, 4) is 17.5 Å². The molecule has 31 heavy (non-hydrogen) atoms. The molecule has 3 aromatic rings. The van der Waals surface area contributed by atoms with Gasteiger partial charge in [-0.1, -0.05) is 0 Å². The van der Waals surface area contributed by atoms with Gasteiger partial charge < -0.3 is 4.85 Å². The summed E-state index contributed by atoms with van der Waals surface area (Å²) in [6.07, 6.45) is 5.57. The van der Waals surface area contributed by atoms with Gasteiger partial charge in [-0.05, 0) is 0 Å². The maximum absolute atomic E-state index is 11.8. The van der Waals surface area contributed by atoms with Gasteiger partial charge in [-0.2, -0.15) is 24.2 Å². The zero-order chi connectivity index (χ0) is 22.2. The first kappa shape index (κ1) is 20.4. The van der Waals surface area contributed by atoms with Crippen molar-refractivity contribution in [3.63, 3.8) is 0 Å². The first-order valence-electron chi connectivity index (χ1n) is 8.98. The molecule has 1 aliphatic rings. The Labute approximate surface area is 176 Å². The number of nitriles is 1. The van der Waals surface area contributed by atoms with Crippen LogP contribution >= 0.6 is 0 Å². The molecule has 1 aliphatic heterocycles. The van der Waals surface area contributed by atoms with E-state index in [4.69, 9.17) is 11.8 Å². The highest BCUT2D eigenvalue weighted by Gasteiger charge is 2.52. The molecule has 0 spiro atoms. The van der Waals surface area contributed by atoms with Crippen LogP contribution in [0.25, 0.3) is 21.9 Å². The van der Waals surface area contributed by atoms with Crippen molar-refractivity contribution >= 4 is 27.5 Å². The lowest BCUT2D eigenvalue weighted by Crippen LogP contribution is -2.65. The molecule has 0 unspecified atom stereocenters. The number of nitrogens with zero attached hydrogens (tertiary/aromatic N) is 9. The summed E-state index contributed by atoms with van der Waals surface area (Å²) < 4.78 is 27.9. The van der Waals surface area contributed by atoms with Crippen LogP contribution in [0, 0.1) is 17.9 Å². The predicted molar refractivity (Wildman–Crippen MR) is 107 cm³/mol. The molecule has 0 radical (unpaired) electrons. The molecule has 158 valence electrons. The minimum atomic E-state index is -3.35. The second-order valence-electron chi connectivity index (χ2n) is 7.10. The average Bonchev–Trinajstić information content (AvgIpc) is 3.30. The summed E-state index contributed by atoms with van der Waals surface area (Å²) in [6, 6.07) is 3.36. The molecule has 1 amide bonds. The van der Waals surface area contributed by atoms with Gasteiger partial charge in [0.2, 0.25) is 28.4 Å². The third-order valence-corrected chi connectivity index (χ3v) is 6.05. The topological polar surface area (TPSA) is 156 Å². The van der Waals surface area contributed by atoms with Crippen molar-refractivity contribution in [1.82, 2.24) is 33.7 Å². The molecule has 0 aliphatic carbocycles. The van der Waals surface area contributed by atoms with Gasteiger partial charge in [-0.3, -0.25) is 14.8 Å². The fraction of sp³-hybridized carbons (Fsp3) is 0.353. The smallest absolute Gasteiger partial charge is 0.249 e. The van der Waals surface area contributed by atoms with Gasteiger partial charge in [0, 0.05) is 31.5 Å². The predicted octanol–water partition coefficient (Wildman–Crippen LogP) is -0.270. The summed E-state index contributed by atoms with van der Waals surface area (Å²) in [7, 11) is -3.35. The van der Waals surface area contributed by atoms with Crippen LogP contribution in [0.5, 0.6) is 0 Å². The van der Waals surface area contributed by atoms with Crippen molar-refractivity contribution in [1.29, 1.82) is 5.26 Å².